The summed E-state index contributed by atoms with van der Waals surface area (Å²) in [6.07, 6.45) is 4.50. The highest BCUT2D eigenvalue weighted by molar-refractivity contribution is 5.94. The smallest absolute Gasteiger partial charge is 0.254 e. The van der Waals surface area contributed by atoms with Gasteiger partial charge in [-0.2, -0.15) is 0 Å². The van der Waals surface area contributed by atoms with Crippen molar-refractivity contribution in [2.24, 2.45) is 0 Å². The molecule has 1 aromatic carbocycles. The van der Waals surface area contributed by atoms with Crippen molar-refractivity contribution in [3.63, 3.8) is 0 Å². The molecule has 3 rings (SSSR count). The van der Waals surface area contributed by atoms with Gasteiger partial charge >= 0.3 is 0 Å². The van der Waals surface area contributed by atoms with E-state index in [-0.39, 0.29) is 11.9 Å². The number of likely N-dealkylation sites (tertiary alicyclic amines) is 2. The summed E-state index contributed by atoms with van der Waals surface area (Å²) in [5, 5.41) is 9.23. The van der Waals surface area contributed by atoms with E-state index in [9.17, 15) is 14.3 Å². The molecule has 0 aliphatic carbocycles. The minimum atomic E-state index is -0.740. The lowest BCUT2D eigenvalue weighted by Gasteiger charge is -2.28. The van der Waals surface area contributed by atoms with Gasteiger partial charge < -0.3 is 14.9 Å². The lowest BCUT2D eigenvalue weighted by Crippen LogP contribution is -2.42. The van der Waals surface area contributed by atoms with Crippen LogP contribution in [0.25, 0.3) is 0 Å². The van der Waals surface area contributed by atoms with Gasteiger partial charge in [-0.3, -0.25) is 4.79 Å². The number of halogens is 1. The van der Waals surface area contributed by atoms with Crippen LogP contribution in [-0.2, 0) is 0 Å². The fourth-order valence-corrected chi connectivity index (χ4v) is 3.36. The Morgan fingerprint density at radius 2 is 2.00 bits per heavy atom. The summed E-state index contributed by atoms with van der Waals surface area (Å²) in [5.74, 6) is -1.28. The maximum Gasteiger partial charge on any atom is 0.254 e. The summed E-state index contributed by atoms with van der Waals surface area (Å²) < 4.78 is 13.4. The topological polar surface area (TPSA) is 43.8 Å². The van der Waals surface area contributed by atoms with Crippen molar-refractivity contribution in [1.82, 2.24) is 9.80 Å². The van der Waals surface area contributed by atoms with Crippen LogP contribution in [0.5, 0.6) is 5.75 Å². The second-order valence-electron chi connectivity index (χ2n) is 5.97. The summed E-state index contributed by atoms with van der Waals surface area (Å²) in [7, 11) is 0. The summed E-state index contributed by atoms with van der Waals surface area (Å²) >= 11 is 0. The van der Waals surface area contributed by atoms with Crippen LogP contribution in [0.3, 0.4) is 0 Å². The molecular weight excluding hydrogens is 271 g/mol. The van der Waals surface area contributed by atoms with Gasteiger partial charge in [-0.15, -0.1) is 0 Å². The highest BCUT2D eigenvalue weighted by Crippen LogP contribution is 2.24. The van der Waals surface area contributed by atoms with Crippen LogP contribution in [0, 0.1) is 5.82 Å². The number of carbonyl (C=O) groups is 1. The van der Waals surface area contributed by atoms with Gasteiger partial charge in [0.25, 0.3) is 5.91 Å². The average molecular weight is 292 g/mol. The van der Waals surface area contributed by atoms with Crippen LogP contribution in [-0.4, -0.2) is 53.0 Å². The number of hydrogen-bond acceptors (Lipinski definition) is 3. The molecule has 1 atom stereocenters. The van der Waals surface area contributed by atoms with Crippen molar-refractivity contribution >= 4 is 5.91 Å². The van der Waals surface area contributed by atoms with E-state index in [0.29, 0.717) is 5.56 Å². The molecule has 0 bridgehead atoms. The van der Waals surface area contributed by atoms with E-state index in [1.807, 2.05) is 4.90 Å². The van der Waals surface area contributed by atoms with Crippen molar-refractivity contribution in [3.05, 3.63) is 29.6 Å². The third kappa shape index (κ3) is 3.02. The highest BCUT2D eigenvalue weighted by Gasteiger charge is 2.31. The third-order valence-corrected chi connectivity index (χ3v) is 4.50. The Labute approximate surface area is 124 Å². The molecule has 1 amide bonds. The van der Waals surface area contributed by atoms with Gasteiger partial charge in [-0.05, 0) is 57.0 Å². The molecule has 1 aromatic rings. The van der Waals surface area contributed by atoms with Crippen LogP contribution in [0.4, 0.5) is 4.39 Å². The zero-order chi connectivity index (χ0) is 14.8. The van der Waals surface area contributed by atoms with Gasteiger partial charge in [0, 0.05) is 24.7 Å². The summed E-state index contributed by atoms with van der Waals surface area (Å²) in [6.45, 7) is 3.89. The minimum absolute atomic E-state index is 0.129. The molecule has 0 aromatic heterocycles. The summed E-state index contributed by atoms with van der Waals surface area (Å²) in [4.78, 5) is 16.8. The Bertz CT molecular complexity index is 529. The van der Waals surface area contributed by atoms with Crippen LogP contribution in [0.1, 0.15) is 36.0 Å². The fraction of sp³-hybridized carbons (Fsp3) is 0.562. The predicted octanol–water partition coefficient (Wildman–Crippen LogP) is 2.23. The normalized spacial score (nSPS) is 22.9. The van der Waals surface area contributed by atoms with Gasteiger partial charge in [0.05, 0.1) is 0 Å². The zero-order valence-electron chi connectivity index (χ0n) is 12.1. The Hall–Kier alpha value is -1.62. The monoisotopic (exact) mass is 292 g/mol. The molecular formula is C16H21FN2O2. The molecule has 4 nitrogen and oxygen atoms in total. The second-order valence-corrected chi connectivity index (χ2v) is 5.97. The van der Waals surface area contributed by atoms with E-state index in [1.165, 1.54) is 25.0 Å². The molecule has 2 saturated heterocycles. The van der Waals surface area contributed by atoms with Crippen molar-refractivity contribution < 1.29 is 14.3 Å². The number of phenolic OH excluding ortho intramolecular Hbond substituents is 1. The quantitative estimate of drug-likeness (QED) is 0.929. The lowest BCUT2D eigenvalue weighted by molar-refractivity contribution is 0.0708. The molecule has 2 aliphatic rings. The summed E-state index contributed by atoms with van der Waals surface area (Å²) in [5.41, 5.74) is 0.318. The number of nitrogens with zero attached hydrogens (tertiary/aromatic N) is 2. The van der Waals surface area contributed by atoms with E-state index in [4.69, 9.17) is 0 Å². The number of aromatic hydroxyl groups is 1. The first-order chi connectivity index (χ1) is 10.1. The molecule has 5 heteroatoms. The molecule has 0 spiro atoms. The molecule has 2 fully saturated rings. The van der Waals surface area contributed by atoms with Crippen LogP contribution < -0.4 is 0 Å². The zero-order valence-corrected chi connectivity index (χ0v) is 12.1. The van der Waals surface area contributed by atoms with Crippen molar-refractivity contribution in [2.75, 3.05) is 26.2 Å². The van der Waals surface area contributed by atoms with Crippen molar-refractivity contribution in [2.45, 2.75) is 31.7 Å². The first-order valence-electron chi connectivity index (χ1n) is 7.67. The standard InChI is InChI=1S/C16H21FN2O2/c17-14-10-12(5-6-15(14)20)16(21)19-9-3-4-13(19)11-18-7-1-2-8-18/h5-6,10,13,20H,1-4,7-9,11H2/t13-/m0/s1. The van der Waals surface area contributed by atoms with Crippen LogP contribution in [0.2, 0.25) is 0 Å². The summed E-state index contributed by atoms with van der Waals surface area (Å²) in [6, 6.07) is 4.09. The minimum Gasteiger partial charge on any atom is -0.505 e. The van der Waals surface area contributed by atoms with Gasteiger partial charge in [-0.1, -0.05) is 0 Å². The van der Waals surface area contributed by atoms with E-state index in [1.54, 1.807) is 0 Å². The molecule has 2 heterocycles. The Kier molecular flexibility index (Phi) is 4.10. The predicted molar refractivity (Wildman–Crippen MR) is 77.8 cm³/mol. The number of amides is 1. The number of rotatable bonds is 3. The SMILES string of the molecule is O=C(c1ccc(O)c(F)c1)N1CCC[C@H]1CN1CCCC1. The number of benzene rings is 1. The van der Waals surface area contributed by atoms with Gasteiger partial charge in [-0.25, -0.2) is 4.39 Å². The maximum atomic E-state index is 13.4. The molecule has 114 valence electrons. The fourth-order valence-electron chi connectivity index (χ4n) is 3.36. The molecule has 21 heavy (non-hydrogen) atoms. The van der Waals surface area contributed by atoms with Crippen molar-refractivity contribution in [3.8, 4) is 5.75 Å². The Morgan fingerprint density at radius 3 is 2.71 bits per heavy atom. The lowest BCUT2D eigenvalue weighted by atomic mass is 10.1. The average Bonchev–Trinajstić information content (AvgIpc) is 3.13. The van der Waals surface area contributed by atoms with Gasteiger partial charge in [0.1, 0.15) is 0 Å². The van der Waals surface area contributed by atoms with Gasteiger partial charge in [0.15, 0.2) is 11.6 Å². The van der Waals surface area contributed by atoms with Crippen LogP contribution >= 0.6 is 0 Å². The molecule has 0 saturated carbocycles. The Morgan fingerprint density at radius 1 is 1.24 bits per heavy atom. The first-order valence-corrected chi connectivity index (χ1v) is 7.67. The molecule has 0 radical (unpaired) electrons. The highest BCUT2D eigenvalue weighted by atomic mass is 19.1. The largest absolute Gasteiger partial charge is 0.505 e. The van der Waals surface area contributed by atoms with E-state index in [0.717, 1.165) is 45.1 Å². The first kappa shape index (κ1) is 14.3. The van der Waals surface area contributed by atoms with E-state index < -0.39 is 11.6 Å². The van der Waals surface area contributed by atoms with E-state index in [2.05, 4.69) is 4.90 Å². The maximum absolute atomic E-state index is 13.4. The van der Waals surface area contributed by atoms with Gasteiger partial charge in [0.2, 0.25) is 0 Å². The van der Waals surface area contributed by atoms with Crippen molar-refractivity contribution in [1.29, 1.82) is 0 Å². The molecule has 0 unspecified atom stereocenters. The Balaban J connectivity index is 1.71. The molecule has 1 N–H and O–H groups in total. The third-order valence-electron chi connectivity index (χ3n) is 4.50. The van der Waals surface area contributed by atoms with E-state index >= 15 is 0 Å². The number of phenols is 1. The number of hydrogen-bond donors (Lipinski definition) is 1. The van der Waals surface area contributed by atoms with Crippen LogP contribution in [0.15, 0.2) is 18.2 Å². The number of carbonyl (C=O) groups excluding carboxylic acids is 1. The molecule has 2 aliphatic heterocycles. The second kappa shape index (κ2) is 6.02.